The van der Waals surface area contributed by atoms with E-state index in [0.717, 1.165) is 5.56 Å². The third kappa shape index (κ3) is 4.04. The molecule has 4 nitrogen and oxygen atoms in total. The highest BCUT2D eigenvalue weighted by Gasteiger charge is 2.25. The van der Waals surface area contributed by atoms with Gasteiger partial charge >= 0.3 is 0 Å². The predicted molar refractivity (Wildman–Crippen MR) is 91.7 cm³/mol. The lowest BCUT2D eigenvalue weighted by Crippen LogP contribution is -2.36. The first-order valence-corrected chi connectivity index (χ1v) is 7.87. The predicted octanol–water partition coefficient (Wildman–Crippen LogP) is 3.08. The molecule has 0 fully saturated rings. The van der Waals surface area contributed by atoms with Crippen LogP contribution in [0.15, 0.2) is 42.5 Å². The quantitative estimate of drug-likeness (QED) is 0.817. The summed E-state index contributed by atoms with van der Waals surface area (Å²) in [6.07, 6.45) is -0.422. The third-order valence-corrected chi connectivity index (χ3v) is 4.25. The molecule has 24 heavy (non-hydrogen) atoms. The number of aliphatic hydroxyl groups is 1. The van der Waals surface area contributed by atoms with Crippen LogP contribution in [0, 0.1) is 11.7 Å². The fourth-order valence-electron chi connectivity index (χ4n) is 2.75. The van der Waals surface area contributed by atoms with Crippen molar-refractivity contribution in [3.8, 4) is 11.5 Å². The zero-order chi connectivity index (χ0) is 17.7. The minimum Gasteiger partial charge on any atom is -0.493 e. The van der Waals surface area contributed by atoms with Crippen molar-refractivity contribution in [2.24, 2.45) is 11.7 Å². The van der Waals surface area contributed by atoms with E-state index in [-0.39, 0.29) is 11.5 Å². The molecule has 0 amide bonds. The summed E-state index contributed by atoms with van der Waals surface area (Å²) in [4.78, 5) is 0. The fourth-order valence-corrected chi connectivity index (χ4v) is 2.75. The number of hydrogen-bond donors (Lipinski definition) is 2. The van der Waals surface area contributed by atoms with Gasteiger partial charge in [-0.3, -0.25) is 0 Å². The van der Waals surface area contributed by atoms with Crippen molar-refractivity contribution in [3.63, 3.8) is 0 Å². The number of hydrogen-bond acceptors (Lipinski definition) is 4. The average molecular weight is 333 g/mol. The highest BCUT2D eigenvalue weighted by atomic mass is 19.1. The van der Waals surface area contributed by atoms with E-state index in [1.54, 1.807) is 32.4 Å². The Kier molecular flexibility index (Phi) is 6.17. The van der Waals surface area contributed by atoms with E-state index in [2.05, 4.69) is 0 Å². The van der Waals surface area contributed by atoms with Crippen LogP contribution in [-0.2, 0) is 6.42 Å². The van der Waals surface area contributed by atoms with Crippen LogP contribution in [0.25, 0.3) is 0 Å². The Bertz CT molecular complexity index is 677. The standard InChI is InChI=1S/C19H24FNO3/c1-12(10-13-8-9-16(23-2)17(11-13)24-3)18(21)19(22)14-6-4-5-7-15(14)20/h4-9,11-12,18-19,22H,10,21H2,1-3H3/t12?,18-,19-/m1/s1. The summed E-state index contributed by atoms with van der Waals surface area (Å²) in [5.41, 5.74) is 7.40. The van der Waals surface area contributed by atoms with Crippen LogP contribution < -0.4 is 15.2 Å². The molecule has 130 valence electrons. The summed E-state index contributed by atoms with van der Waals surface area (Å²) in [6, 6.07) is 11.2. The van der Waals surface area contributed by atoms with Crippen LogP contribution in [0.2, 0.25) is 0 Å². The fraction of sp³-hybridized carbons (Fsp3) is 0.368. The number of benzene rings is 2. The van der Waals surface area contributed by atoms with Crippen LogP contribution in [0.5, 0.6) is 11.5 Å². The second-order valence-electron chi connectivity index (χ2n) is 5.91. The monoisotopic (exact) mass is 333 g/mol. The minimum atomic E-state index is -1.05. The lowest BCUT2D eigenvalue weighted by molar-refractivity contribution is 0.118. The van der Waals surface area contributed by atoms with Crippen molar-refractivity contribution < 1.29 is 19.0 Å². The normalized spacial score (nSPS) is 14.8. The van der Waals surface area contributed by atoms with E-state index in [9.17, 15) is 9.50 Å². The lowest BCUT2D eigenvalue weighted by Gasteiger charge is -2.26. The van der Waals surface area contributed by atoms with E-state index >= 15 is 0 Å². The molecular formula is C19H24FNO3. The molecule has 0 radical (unpaired) electrons. The van der Waals surface area contributed by atoms with Gasteiger partial charge in [-0.15, -0.1) is 0 Å². The molecule has 0 spiro atoms. The van der Waals surface area contributed by atoms with Crippen LogP contribution in [0.1, 0.15) is 24.2 Å². The third-order valence-electron chi connectivity index (χ3n) is 4.25. The van der Waals surface area contributed by atoms with Gasteiger partial charge in [0.25, 0.3) is 0 Å². The molecule has 3 N–H and O–H groups in total. The largest absolute Gasteiger partial charge is 0.493 e. The Morgan fingerprint density at radius 3 is 2.38 bits per heavy atom. The highest BCUT2D eigenvalue weighted by molar-refractivity contribution is 5.43. The van der Waals surface area contributed by atoms with Crippen molar-refractivity contribution >= 4 is 0 Å². The molecule has 0 bridgehead atoms. The molecule has 0 saturated heterocycles. The van der Waals surface area contributed by atoms with E-state index in [1.165, 1.54) is 6.07 Å². The molecule has 0 aliphatic heterocycles. The molecule has 1 unspecified atom stereocenters. The van der Waals surface area contributed by atoms with Crippen LogP contribution in [0.3, 0.4) is 0 Å². The number of rotatable bonds is 7. The molecule has 2 aromatic rings. The Morgan fingerprint density at radius 1 is 1.08 bits per heavy atom. The van der Waals surface area contributed by atoms with E-state index in [1.807, 2.05) is 25.1 Å². The second-order valence-corrected chi connectivity index (χ2v) is 5.91. The number of halogens is 1. The highest BCUT2D eigenvalue weighted by Crippen LogP contribution is 2.30. The van der Waals surface area contributed by atoms with Crippen molar-refractivity contribution in [2.45, 2.75) is 25.5 Å². The van der Waals surface area contributed by atoms with Crippen molar-refractivity contribution in [3.05, 3.63) is 59.4 Å². The van der Waals surface area contributed by atoms with E-state index in [0.29, 0.717) is 17.9 Å². The van der Waals surface area contributed by atoms with Gasteiger partial charge in [-0.1, -0.05) is 31.2 Å². The molecular weight excluding hydrogens is 309 g/mol. The summed E-state index contributed by atoms with van der Waals surface area (Å²) in [5, 5.41) is 10.4. The first-order valence-electron chi connectivity index (χ1n) is 7.87. The number of aliphatic hydroxyl groups excluding tert-OH is 1. The molecule has 0 saturated carbocycles. The summed E-state index contributed by atoms with van der Waals surface area (Å²) in [7, 11) is 3.17. The Morgan fingerprint density at radius 2 is 1.75 bits per heavy atom. The first-order chi connectivity index (χ1) is 11.5. The van der Waals surface area contributed by atoms with Crippen molar-refractivity contribution in [1.29, 1.82) is 0 Å². The molecule has 3 atom stereocenters. The van der Waals surface area contributed by atoms with Gasteiger partial charge in [-0.05, 0) is 36.1 Å². The van der Waals surface area contributed by atoms with Gasteiger partial charge in [0.15, 0.2) is 11.5 Å². The van der Waals surface area contributed by atoms with Gasteiger partial charge < -0.3 is 20.3 Å². The SMILES string of the molecule is COc1ccc(CC(C)[C@@H](N)[C@H](O)c2ccccc2F)cc1OC. The van der Waals surface area contributed by atoms with E-state index < -0.39 is 18.0 Å². The van der Waals surface area contributed by atoms with Gasteiger partial charge in [0.2, 0.25) is 0 Å². The topological polar surface area (TPSA) is 64.7 Å². The molecule has 0 aliphatic rings. The number of ether oxygens (including phenoxy) is 2. The maximum atomic E-state index is 13.8. The molecule has 0 aromatic heterocycles. The zero-order valence-corrected chi connectivity index (χ0v) is 14.2. The van der Waals surface area contributed by atoms with E-state index in [4.69, 9.17) is 15.2 Å². The molecule has 5 heteroatoms. The Hall–Kier alpha value is -2.11. The maximum absolute atomic E-state index is 13.8. The molecule has 0 aliphatic carbocycles. The van der Waals surface area contributed by atoms with Crippen LogP contribution >= 0.6 is 0 Å². The zero-order valence-electron chi connectivity index (χ0n) is 14.2. The summed E-state index contributed by atoms with van der Waals surface area (Å²) in [6.45, 7) is 1.94. The molecule has 0 heterocycles. The average Bonchev–Trinajstić information content (AvgIpc) is 2.60. The minimum absolute atomic E-state index is 0.0577. The van der Waals surface area contributed by atoms with Crippen molar-refractivity contribution in [2.75, 3.05) is 14.2 Å². The van der Waals surface area contributed by atoms with Crippen molar-refractivity contribution in [1.82, 2.24) is 0 Å². The van der Waals surface area contributed by atoms with Gasteiger partial charge in [0.1, 0.15) is 5.82 Å². The molecule has 2 aromatic carbocycles. The Balaban J connectivity index is 2.11. The molecule has 2 rings (SSSR count). The summed E-state index contributed by atoms with van der Waals surface area (Å²) >= 11 is 0. The second kappa shape index (κ2) is 8.13. The van der Waals surface area contributed by atoms with Gasteiger partial charge in [0, 0.05) is 11.6 Å². The maximum Gasteiger partial charge on any atom is 0.160 e. The number of methoxy groups -OCH3 is 2. The lowest BCUT2D eigenvalue weighted by atomic mass is 9.88. The Labute approximate surface area is 142 Å². The summed E-state index contributed by atoms with van der Waals surface area (Å²) in [5.74, 6) is 0.798. The summed E-state index contributed by atoms with van der Waals surface area (Å²) < 4.78 is 24.3. The van der Waals surface area contributed by atoms with Crippen LogP contribution in [0.4, 0.5) is 4.39 Å². The van der Waals surface area contributed by atoms with Gasteiger partial charge in [0.05, 0.1) is 20.3 Å². The smallest absolute Gasteiger partial charge is 0.160 e. The number of nitrogens with two attached hydrogens (primary N) is 1. The van der Waals surface area contributed by atoms with Gasteiger partial charge in [-0.2, -0.15) is 0 Å². The first kappa shape index (κ1) is 18.2. The van der Waals surface area contributed by atoms with Crippen LogP contribution in [-0.4, -0.2) is 25.4 Å². The van der Waals surface area contributed by atoms with Gasteiger partial charge in [-0.25, -0.2) is 4.39 Å².